The lowest BCUT2D eigenvalue weighted by molar-refractivity contribution is 0.0698. The van der Waals surface area contributed by atoms with Gasteiger partial charge in [0, 0.05) is 13.1 Å². The Labute approximate surface area is 106 Å². The van der Waals surface area contributed by atoms with E-state index in [1.165, 1.54) is 19.2 Å². The summed E-state index contributed by atoms with van der Waals surface area (Å²) in [5.74, 6) is -1.17. The Hall–Kier alpha value is -1.60. The Bertz CT molecular complexity index is 540. The van der Waals surface area contributed by atoms with Gasteiger partial charge in [0.25, 0.3) is 0 Å². The molecule has 0 atom stereocenters. The number of carbonyl (C=O) groups is 1. The van der Waals surface area contributed by atoms with E-state index in [4.69, 9.17) is 5.11 Å². The molecule has 0 aliphatic rings. The average Bonchev–Trinajstić information content (AvgIpc) is 2.26. The molecule has 1 aromatic rings. The maximum Gasteiger partial charge on any atom is 0.337 e. The third-order valence-electron chi connectivity index (χ3n) is 2.22. The molecule has 0 aromatic heterocycles. The van der Waals surface area contributed by atoms with E-state index in [-0.39, 0.29) is 17.3 Å². The van der Waals surface area contributed by atoms with Crippen LogP contribution in [0.1, 0.15) is 24.2 Å². The highest BCUT2D eigenvalue weighted by molar-refractivity contribution is 7.90. The minimum Gasteiger partial charge on any atom is -0.478 e. The molecule has 0 radical (unpaired) electrons. The molecule has 7 heteroatoms. The second kappa shape index (κ2) is 5.36. The van der Waals surface area contributed by atoms with Gasteiger partial charge in [-0.1, -0.05) is 12.1 Å². The van der Waals surface area contributed by atoms with Crippen molar-refractivity contribution >= 4 is 21.9 Å². The third-order valence-corrected chi connectivity index (χ3v) is 3.91. The number of carboxylic acid groups (broad SMARTS) is 1. The number of para-hydroxylation sites is 1. The maximum absolute atomic E-state index is 11.9. The molecule has 0 saturated carbocycles. The number of hydrogen-bond donors (Lipinski definition) is 2. The largest absolute Gasteiger partial charge is 0.478 e. The van der Waals surface area contributed by atoms with E-state index in [1.807, 2.05) is 0 Å². The van der Waals surface area contributed by atoms with E-state index in [2.05, 4.69) is 4.72 Å². The van der Waals surface area contributed by atoms with Crippen molar-refractivity contribution in [3.63, 3.8) is 0 Å². The molecule has 6 nitrogen and oxygen atoms in total. The molecule has 0 aliphatic heterocycles. The molecule has 0 saturated heterocycles. The van der Waals surface area contributed by atoms with Gasteiger partial charge in [-0.15, -0.1) is 0 Å². The summed E-state index contributed by atoms with van der Waals surface area (Å²) in [5, 5.41) is 9.02. The van der Waals surface area contributed by atoms with E-state index in [0.29, 0.717) is 0 Å². The summed E-state index contributed by atoms with van der Waals surface area (Å²) in [6.45, 7) is 3.38. The van der Waals surface area contributed by atoms with Crippen molar-refractivity contribution in [1.29, 1.82) is 0 Å². The zero-order chi connectivity index (χ0) is 13.9. The van der Waals surface area contributed by atoms with Gasteiger partial charge < -0.3 is 5.11 Å². The number of benzene rings is 1. The van der Waals surface area contributed by atoms with Gasteiger partial charge >= 0.3 is 16.2 Å². The van der Waals surface area contributed by atoms with Crippen LogP contribution in [0, 0.1) is 0 Å². The second-order valence-corrected chi connectivity index (χ2v) is 5.80. The fourth-order valence-corrected chi connectivity index (χ4v) is 2.61. The van der Waals surface area contributed by atoms with Crippen LogP contribution in [0.2, 0.25) is 0 Å². The summed E-state index contributed by atoms with van der Waals surface area (Å²) >= 11 is 0. The molecule has 100 valence electrons. The highest BCUT2D eigenvalue weighted by Gasteiger charge is 2.23. The highest BCUT2D eigenvalue weighted by atomic mass is 32.2. The van der Waals surface area contributed by atoms with E-state index in [0.717, 1.165) is 4.31 Å². The molecule has 0 aliphatic carbocycles. The zero-order valence-electron chi connectivity index (χ0n) is 10.4. The maximum atomic E-state index is 11.9. The summed E-state index contributed by atoms with van der Waals surface area (Å²) in [5.41, 5.74) is 0.0623. The molecule has 2 N–H and O–H groups in total. The van der Waals surface area contributed by atoms with Gasteiger partial charge in [-0.05, 0) is 26.0 Å². The number of carboxylic acids is 1. The van der Waals surface area contributed by atoms with Crippen LogP contribution < -0.4 is 9.03 Å². The smallest absolute Gasteiger partial charge is 0.337 e. The molecule has 0 spiro atoms. The lowest BCUT2D eigenvalue weighted by atomic mass is 10.2. The van der Waals surface area contributed by atoms with Gasteiger partial charge in [-0.2, -0.15) is 13.1 Å². The molecule has 1 rings (SSSR count). The number of rotatable bonds is 5. The van der Waals surface area contributed by atoms with Crippen molar-refractivity contribution in [2.75, 3.05) is 11.4 Å². The predicted octanol–water partition coefficient (Wildman–Crippen LogP) is 1.06. The first-order valence-electron chi connectivity index (χ1n) is 5.34. The Morgan fingerprint density at radius 2 is 1.89 bits per heavy atom. The lowest BCUT2D eigenvalue weighted by Crippen LogP contribution is -2.42. The van der Waals surface area contributed by atoms with Gasteiger partial charge in [-0.3, -0.25) is 4.31 Å². The van der Waals surface area contributed by atoms with Gasteiger partial charge in [0.05, 0.1) is 11.3 Å². The first-order valence-corrected chi connectivity index (χ1v) is 6.78. The van der Waals surface area contributed by atoms with Crippen molar-refractivity contribution in [2.24, 2.45) is 0 Å². The fraction of sp³-hybridized carbons (Fsp3) is 0.364. The molecule has 18 heavy (non-hydrogen) atoms. The predicted molar refractivity (Wildman–Crippen MR) is 69.0 cm³/mol. The molecule has 0 bridgehead atoms. The van der Waals surface area contributed by atoms with Crippen LogP contribution in [0.5, 0.6) is 0 Å². The zero-order valence-corrected chi connectivity index (χ0v) is 11.2. The van der Waals surface area contributed by atoms with Crippen molar-refractivity contribution in [3.05, 3.63) is 29.8 Å². The molecule has 1 aromatic carbocycles. The normalized spacial score (nSPS) is 11.6. The van der Waals surface area contributed by atoms with E-state index in [1.54, 1.807) is 26.0 Å². The van der Waals surface area contributed by atoms with Crippen molar-refractivity contribution < 1.29 is 18.3 Å². The fourth-order valence-electron chi connectivity index (χ4n) is 1.44. The van der Waals surface area contributed by atoms with Crippen molar-refractivity contribution in [2.45, 2.75) is 19.9 Å². The van der Waals surface area contributed by atoms with Crippen molar-refractivity contribution in [3.8, 4) is 0 Å². The number of nitrogens with zero attached hydrogens (tertiary/aromatic N) is 1. The monoisotopic (exact) mass is 272 g/mol. The number of hydrogen-bond acceptors (Lipinski definition) is 3. The second-order valence-electron chi connectivity index (χ2n) is 4.07. The minimum atomic E-state index is -3.75. The number of aromatic carboxylic acids is 1. The highest BCUT2D eigenvalue weighted by Crippen LogP contribution is 2.21. The van der Waals surface area contributed by atoms with Crippen LogP contribution >= 0.6 is 0 Å². The van der Waals surface area contributed by atoms with Crippen LogP contribution in [0.4, 0.5) is 5.69 Å². The standard InChI is InChI=1S/C11H16N2O4S/c1-8(2)12-18(16,17)13(3)10-7-5-4-6-9(10)11(14)15/h4-8,12H,1-3H3,(H,14,15). The molecule has 0 heterocycles. The molecule has 0 unspecified atom stereocenters. The van der Waals surface area contributed by atoms with Gasteiger partial charge in [-0.25, -0.2) is 4.79 Å². The minimum absolute atomic E-state index is 0.0610. The van der Waals surface area contributed by atoms with Crippen LogP contribution in [0.25, 0.3) is 0 Å². The molecule has 0 amide bonds. The summed E-state index contributed by atoms with van der Waals surface area (Å²) in [6.07, 6.45) is 0. The number of nitrogens with one attached hydrogen (secondary N) is 1. The summed E-state index contributed by atoms with van der Waals surface area (Å²) in [4.78, 5) is 11.0. The number of anilines is 1. The van der Waals surface area contributed by atoms with Crippen LogP contribution in [0.15, 0.2) is 24.3 Å². The third kappa shape index (κ3) is 3.21. The van der Waals surface area contributed by atoms with Crippen LogP contribution in [0.3, 0.4) is 0 Å². The summed E-state index contributed by atoms with van der Waals surface area (Å²) in [6, 6.07) is 5.67. The lowest BCUT2D eigenvalue weighted by Gasteiger charge is -2.22. The average molecular weight is 272 g/mol. The van der Waals surface area contributed by atoms with Crippen LogP contribution in [-0.2, 0) is 10.2 Å². The van der Waals surface area contributed by atoms with E-state index < -0.39 is 16.2 Å². The van der Waals surface area contributed by atoms with E-state index in [9.17, 15) is 13.2 Å². The van der Waals surface area contributed by atoms with Crippen LogP contribution in [-0.4, -0.2) is 32.6 Å². The quantitative estimate of drug-likeness (QED) is 0.839. The molecular formula is C11H16N2O4S. The van der Waals surface area contributed by atoms with E-state index >= 15 is 0 Å². The Morgan fingerprint density at radius 3 is 2.39 bits per heavy atom. The first kappa shape index (κ1) is 14.5. The Morgan fingerprint density at radius 1 is 1.33 bits per heavy atom. The topological polar surface area (TPSA) is 86.7 Å². The first-order chi connectivity index (χ1) is 8.25. The van der Waals surface area contributed by atoms with Gasteiger partial charge in [0.1, 0.15) is 0 Å². The molecular weight excluding hydrogens is 256 g/mol. The summed E-state index contributed by atoms with van der Waals surface area (Å²) in [7, 11) is -2.44. The van der Waals surface area contributed by atoms with Gasteiger partial charge in [0.2, 0.25) is 0 Å². The Kier molecular flexibility index (Phi) is 4.31. The van der Waals surface area contributed by atoms with Crippen molar-refractivity contribution in [1.82, 2.24) is 4.72 Å². The molecule has 0 fully saturated rings. The van der Waals surface area contributed by atoms with Gasteiger partial charge in [0.15, 0.2) is 0 Å². The Balaban J connectivity index is 3.19. The summed E-state index contributed by atoms with van der Waals surface area (Å²) < 4.78 is 27.2. The SMILES string of the molecule is CC(C)NS(=O)(=O)N(C)c1ccccc1C(=O)O.